The molecule has 2 aromatic heterocycles. The Morgan fingerprint density at radius 3 is 2.83 bits per heavy atom. The Morgan fingerprint density at radius 2 is 2.10 bits per heavy atom. The van der Waals surface area contributed by atoms with Crippen molar-refractivity contribution in [1.82, 2.24) is 15.6 Å². The van der Waals surface area contributed by atoms with Crippen LogP contribution in [0.4, 0.5) is 5.69 Å². The minimum atomic E-state index is 0.660. The maximum Gasteiger partial charge on any atom is 0.100 e. The highest BCUT2D eigenvalue weighted by molar-refractivity contribution is 5.76. The Morgan fingerprint density at radius 1 is 1.21 bits per heavy atom. The van der Waals surface area contributed by atoms with Gasteiger partial charge in [0, 0.05) is 35.3 Å². The number of hydrogen-bond acceptors (Lipinski definition) is 5. The van der Waals surface area contributed by atoms with Crippen molar-refractivity contribution in [3.63, 3.8) is 0 Å². The Labute approximate surface area is 173 Å². The summed E-state index contributed by atoms with van der Waals surface area (Å²) >= 11 is 0. The number of allylic oxidation sites excluding steroid dienone is 2. The number of furan rings is 1. The molecule has 5 nitrogen and oxygen atoms in total. The van der Waals surface area contributed by atoms with E-state index < -0.39 is 0 Å². The van der Waals surface area contributed by atoms with Crippen molar-refractivity contribution in [3.05, 3.63) is 90.7 Å². The monoisotopic (exact) mass is 390 g/mol. The standard InChI is InChI=1S/C24H30N4O/c1-4-5-6-7-8-23-9-10-24(16-26-23)28-19(3)27-18(2)21-13-22(15-25-14-21)20-11-12-29-17-20/h9-13,15-17,25,27-28H,2-8,14H2,1H3. The van der Waals surface area contributed by atoms with Gasteiger partial charge in [-0.15, -0.1) is 0 Å². The number of nitrogens with one attached hydrogen (secondary N) is 3. The molecule has 0 radical (unpaired) electrons. The van der Waals surface area contributed by atoms with Crippen LogP contribution < -0.4 is 16.0 Å². The zero-order valence-corrected chi connectivity index (χ0v) is 17.1. The van der Waals surface area contributed by atoms with Crippen molar-refractivity contribution >= 4 is 11.3 Å². The smallest absolute Gasteiger partial charge is 0.100 e. The first kappa shape index (κ1) is 20.5. The predicted molar refractivity (Wildman–Crippen MR) is 120 cm³/mol. The molecule has 1 aliphatic heterocycles. The predicted octanol–water partition coefficient (Wildman–Crippen LogP) is 5.35. The molecule has 1 aliphatic rings. The highest BCUT2D eigenvalue weighted by atomic mass is 16.3. The van der Waals surface area contributed by atoms with E-state index in [0.29, 0.717) is 12.4 Å². The van der Waals surface area contributed by atoms with Crippen molar-refractivity contribution in [2.75, 3.05) is 11.9 Å². The zero-order chi connectivity index (χ0) is 20.5. The van der Waals surface area contributed by atoms with Crippen LogP contribution >= 0.6 is 0 Å². The Kier molecular flexibility index (Phi) is 7.34. The van der Waals surface area contributed by atoms with Crippen LogP contribution in [-0.2, 0) is 6.42 Å². The van der Waals surface area contributed by atoms with Gasteiger partial charge in [0.1, 0.15) is 5.82 Å². The molecule has 2 aromatic rings. The molecule has 0 aromatic carbocycles. The van der Waals surface area contributed by atoms with E-state index in [1.54, 1.807) is 12.5 Å². The molecule has 3 heterocycles. The summed E-state index contributed by atoms with van der Waals surface area (Å²) in [5.74, 6) is 0.660. The van der Waals surface area contributed by atoms with Crippen LogP contribution in [0.15, 0.2) is 83.9 Å². The third-order valence-electron chi connectivity index (χ3n) is 4.83. The number of anilines is 1. The second kappa shape index (κ2) is 10.4. The molecule has 5 heteroatoms. The quantitative estimate of drug-likeness (QED) is 0.451. The van der Waals surface area contributed by atoms with Crippen molar-refractivity contribution in [2.45, 2.75) is 39.0 Å². The van der Waals surface area contributed by atoms with Gasteiger partial charge in [0.25, 0.3) is 0 Å². The van der Waals surface area contributed by atoms with Crippen molar-refractivity contribution in [2.24, 2.45) is 0 Å². The van der Waals surface area contributed by atoms with E-state index >= 15 is 0 Å². The molecule has 0 atom stereocenters. The summed E-state index contributed by atoms with van der Waals surface area (Å²) in [7, 11) is 0. The Bertz CT molecular complexity index is 876. The molecular weight excluding hydrogens is 360 g/mol. The average molecular weight is 391 g/mol. The first-order chi connectivity index (χ1) is 14.2. The summed E-state index contributed by atoms with van der Waals surface area (Å²) in [4.78, 5) is 4.55. The molecule has 0 saturated carbocycles. The molecule has 3 rings (SSSR count). The van der Waals surface area contributed by atoms with E-state index in [0.717, 1.165) is 40.2 Å². The lowest BCUT2D eigenvalue weighted by molar-refractivity contribution is 0.566. The van der Waals surface area contributed by atoms with Crippen molar-refractivity contribution in [3.8, 4) is 0 Å². The summed E-state index contributed by atoms with van der Waals surface area (Å²) < 4.78 is 5.17. The van der Waals surface area contributed by atoms with Crippen LogP contribution in [0.3, 0.4) is 0 Å². The van der Waals surface area contributed by atoms with Crippen molar-refractivity contribution < 1.29 is 4.42 Å². The fourth-order valence-corrected chi connectivity index (χ4v) is 3.19. The van der Waals surface area contributed by atoms with E-state index in [1.807, 2.05) is 24.5 Å². The molecule has 3 N–H and O–H groups in total. The van der Waals surface area contributed by atoms with Gasteiger partial charge in [0.2, 0.25) is 0 Å². The minimum absolute atomic E-state index is 0.660. The van der Waals surface area contributed by atoms with E-state index in [4.69, 9.17) is 4.42 Å². The largest absolute Gasteiger partial charge is 0.472 e. The molecule has 0 bridgehead atoms. The topological polar surface area (TPSA) is 62.1 Å². The lowest BCUT2D eigenvalue weighted by atomic mass is 10.0. The third kappa shape index (κ3) is 6.14. The summed E-state index contributed by atoms with van der Waals surface area (Å²) in [5.41, 5.74) is 5.98. The number of aromatic nitrogens is 1. The summed E-state index contributed by atoms with van der Waals surface area (Å²) in [5, 5.41) is 9.76. The van der Waals surface area contributed by atoms with Gasteiger partial charge in [-0.2, -0.15) is 0 Å². The summed E-state index contributed by atoms with van der Waals surface area (Å²) in [6, 6.07) is 6.05. The van der Waals surface area contributed by atoms with Crippen LogP contribution in [0.2, 0.25) is 0 Å². The van der Waals surface area contributed by atoms with Crippen molar-refractivity contribution in [1.29, 1.82) is 0 Å². The molecule has 0 aliphatic carbocycles. The molecule has 0 fully saturated rings. The van der Waals surface area contributed by atoms with E-state index in [2.05, 4.69) is 53.2 Å². The highest BCUT2D eigenvalue weighted by Crippen LogP contribution is 2.22. The van der Waals surface area contributed by atoms with E-state index in [9.17, 15) is 0 Å². The summed E-state index contributed by atoms with van der Waals surface area (Å²) in [6.07, 6.45) is 15.4. The maximum atomic E-state index is 5.17. The molecular formula is C24H30N4O. The second-order valence-corrected chi connectivity index (χ2v) is 7.22. The molecule has 0 amide bonds. The third-order valence-corrected chi connectivity index (χ3v) is 4.83. The lowest BCUT2D eigenvalue weighted by Crippen LogP contribution is -2.24. The van der Waals surface area contributed by atoms with Gasteiger partial charge in [0.05, 0.1) is 24.4 Å². The zero-order valence-electron chi connectivity index (χ0n) is 17.1. The average Bonchev–Trinajstić information content (AvgIpc) is 3.27. The van der Waals surface area contributed by atoms with Crippen LogP contribution in [0.5, 0.6) is 0 Å². The number of nitrogens with zero attached hydrogens (tertiary/aromatic N) is 1. The number of aryl methyl sites for hydroxylation is 1. The highest BCUT2D eigenvalue weighted by Gasteiger charge is 2.11. The van der Waals surface area contributed by atoms with Gasteiger partial charge >= 0.3 is 0 Å². The van der Waals surface area contributed by atoms with Crippen LogP contribution in [0.1, 0.15) is 43.9 Å². The van der Waals surface area contributed by atoms with Gasteiger partial charge < -0.3 is 20.4 Å². The van der Waals surface area contributed by atoms with Gasteiger partial charge in [-0.1, -0.05) is 39.3 Å². The minimum Gasteiger partial charge on any atom is -0.472 e. The normalized spacial score (nSPS) is 13.1. The molecule has 29 heavy (non-hydrogen) atoms. The van der Waals surface area contributed by atoms with E-state index in [1.165, 1.54) is 25.7 Å². The van der Waals surface area contributed by atoms with Crippen LogP contribution in [0.25, 0.3) is 5.57 Å². The number of pyridine rings is 1. The Balaban J connectivity index is 1.50. The van der Waals surface area contributed by atoms with Gasteiger partial charge in [-0.3, -0.25) is 4.98 Å². The van der Waals surface area contributed by atoms with Gasteiger partial charge in [0.15, 0.2) is 0 Å². The molecule has 0 spiro atoms. The SMILES string of the molecule is C=C(NC(=C)C1=CC(c2ccoc2)=CNC1)Nc1ccc(CCCCCC)nc1. The second-order valence-electron chi connectivity index (χ2n) is 7.22. The fraction of sp³-hybridized carbons (Fsp3) is 0.292. The molecule has 0 unspecified atom stereocenters. The lowest BCUT2D eigenvalue weighted by Gasteiger charge is -2.20. The molecule has 152 valence electrons. The fourth-order valence-electron chi connectivity index (χ4n) is 3.19. The first-order valence-corrected chi connectivity index (χ1v) is 10.2. The summed E-state index contributed by atoms with van der Waals surface area (Å²) in [6.45, 7) is 11.1. The van der Waals surface area contributed by atoms with Crippen LogP contribution in [-0.4, -0.2) is 11.5 Å². The first-order valence-electron chi connectivity index (χ1n) is 10.2. The molecule has 0 saturated heterocycles. The van der Waals surface area contributed by atoms with Crippen LogP contribution in [0, 0.1) is 0 Å². The number of dihydropyridines is 1. The van der Waals surface area contributed by atoms with E-state index in [-0.39, 0.29) is 0 Å². The number of unbranched alkanes of at least 4 members (excludes halogenated alkanes) is 3. The number of hydrogen-bond donors (Lipinski definition) is 3. The maximum absolute atomic E-state index is 5.17. The number of rotatable bonds is 11. The Hall–Kier alpha value is -3.21. The van der Waals surface area contributed by atoms with Gasteiger partial charge in [-0.25, -0.2) is 0 Å². The van der Waals surface area contributed by atoms with Gasteiger partial charge in [-0.05, 0) is 42.7 Å².